The number of hydrogen-bond acceptors (Lipinski definition) is 4. The van der Waals surface area contributed by atoms with E-state index in [4.69, 9.17) is 4.98 Å². The average molecular weight is 415 g/mol. The van der Waals surface area contributed by atoms with Crippen molar-refractivity contribution in [3.63, 3.8) is 0 Å². The molecule has 3 amide bonds. The van der Waals surface area contributed by atoms with Crippen LogP contribution in [0.25, 0.3) is 11.0 Å². The van der Waals surface area contributed by atoms with Crippen LogP contribution in [0, 0.1) is 5.92 Å². The van der Waals surface area contributed by atoms with E-state index in [-0.39, 0.29) is 11.9 Å². The number of imidazole rings is 1. The first-order valence-corrected chi connectivity index (χ1v) is 10.8. The lowest BCUT2D eigenvalue weighted by Gasteiger charge is -2.34. The van der Waals surface area contributed by atoms with Gasteiger partial charge < -0.3 is 19.7 Å². The van der Waals surface area contributed by atoms with Crippen molar-refractivity contribution in [2.45, 2.75) is 33.9 Å². The summed E-state index contributed by atoms with van der Waals surface area (Å²) in [7, 11) is 3.51. The number of nitrogens with zero attached hydrogens (tertiary/aromatic N) is 5. The molecule has 1 saturated heterocycles. The summed E-state index contributed by atoms with van der Waals surface area (Å²) in [6.07, 6.45) is 0. The monoisotopic (exact) mass is 414 g/mol. The molecule has 8 heteroatoms. The summed E-state index contributed by atoms with van der Waals surface area (Å²) in [5.41, 5.74) is 2.56. The van der Waals surface area contributed by atoms with Crippen molar-refractivity contribution in [3.8, 4) is 0 Å². The molecule has 1 aliphatic heterocycles. The summed E-state index contributed by atoms with van der Waals surface area (Å²) in [4.78, 5) is 35.2. The van der Waals surface area contributed by atoms with Crippen molar-refractivity contribution in [2.75, 3.05) is 46.8 Å². The molecule has 0 radical (unpaired) electrons. The first-order chi connectivity index (χ1) is 14.3. The van der Waals surface area contributed by atoms with Crippen LogP contribution in [-0.2, 0) is 13.1 Å². The zero-order chi connectivity index (χ0) is 21.8. The molecule has 0 unspecified atom stereocenters. The summed E-state index contributed by atoms with van der Waals surface area (Å²) in [5, 5.41) is 3.00. The number of carbonyl (C=O) groups is 2. The van der Waals surface area contributed by atoms with Gasteiger partial charge >= 0.3 is 6.03 Å². The Morgan fingerprint density at radius 1 is 1.17 bits per heavy atom. The molecule has 2 aromatic rings. The lowest BCUT2D eigenvalue weighted by molar-refractivity contribution is 0.0827. The predicted molar refractivity (Wildman–Crippen MR) is 119 cm³/mol. The minimum Gasteiger partial charge on any atom is -0.345 e. The van der Waals surface area contributed by atoms with Crippen LogP contribution in [-0.4, -0.2) is 83.0 Å². The molecule has 0 bridgehead atoms. The molecule has 0 aliphatic carbocycles. The Kier molecular flexibility index (Phi) is 6.97. The molecule has 1 aromatic carbocycles. The molecule has 1 aromatic heterocycles. The van der Waals surface area contributed by atoms with Crippen LogP contribution in [0.1, 0.15) is 37.0 Å². The van der Waals surface area contributed by atoms with Gasteiger partial charge in [0.2, 0.25) is 0 Å². The molecule has 0 spiro atoms. The minimum atomic E-state index is -0.0173. The fourth-order valence-corrected chi connectivity index (χ4v) is 3.76. The van der Waals surface area contributed by atoms with Gasteiger partial charge in [0.15, 0.2) is 0 Å². The van der Waals surface area contributed by atoms with E-state index in [1.807, 2.05) is 23.1 Å². The van der Waals surface area contributed by atoms with Crippen LogP contribution in [0.15, 0.2) is 18.2 Å². The molecule has 164 valence electrons. The van der Waals surface area contributed by atoms with Crippen molar-refractivity contribution in [1.82, 2.24) is 29.6 Å². The highest BCUT2D eigenvalue weighted by atomic mass is 16.2. The highest BCUT2D eigenvalue weighted by molar-refractivity contribution is 5.97. The molecular weight excluding hydrogens is 380 g/mol. The Hall–Kier alpha value is -2.61. The van der Waals surface area contributed by atoms with E-state index in [2.05, 4.69) is 35.6 Å². The van der Waals surface area contributed by atoms with Gasteiger partial charge in [0, 0.05) is 58.9 Å². The minimum absolute atomic E-state index is 0.0173. The van der Waals surface area contributed by atoms with Gasteiger partial charge in [-0.2, -0.15) is 0 Å². The highest BCUT2D eigenvalue weighted by Crippen LogP contribution is 2.20. The molecular formula is C22H34N6O2. The first-order valence-electron chi connectivity index (χ1n) is 10.8. The van der Waals surface area contributed by atoms with Crippen LogP contribution in [0.4, 0.5) is 4.79 Å². The molecule has 0 saturated carbocycles. The van der Waals surface area contributed by atoms with E-state index in [0.29, 0.717) is 18.0 Å². The van der Waals surface area contributed by atoms with Gasteiger partial charge in [-0.3, -0.25) is 9.69 Å². The van der Waals surface area contributed by atoms with Gasteiger partial charge in [0.25, 0.3) is 5.91 Å². The lowest BCUT2D eigenvalue weighted by atomic mass is 10.2. The maximum absolute atomic E-state index is 12.3. The van der Waals surface area contributed by atoms with Crippen LogP contribution in [0.5, 0.6) is 0 Å². The van der Waals surface area contributed by atoms with E-state index in [0.717, 1.165) is 56.1 Å². The standard InChI is InChI=1S/C22H34N6O2/c1-6-28-19-8-7-17(21(29)25(4)5)13-18(19)24-20(28)15-26-9-11-27(12-10-26)22(30)23-14-16(2)3/h7-8,13,16H,6,9-12,14-15H2,1-5H3,(H,23,30). The van der Waals surface area contributed by atoms with E-state index in [1.54, 1.807) is 19.0 Å². The summed E-state index contributed by atoms with van der Waals surface area (Å²) in [6.45, 7) is 11.7. The van der Waals surface area contributed by atoms with Crippen molar-refractivity contribution in [2.24, 2.45) is 5.92 Å². The second-order valence-electron chi connectivity index (χ2n) is 8.52. The zero-order valence-corrected chi connectivity index (χ0v) is 18.8. The Bertz CT molecular complexity index is 896. The van der Waals surface area contributed by atoms with Crippen molar-refractivity contribution < 1.29 is 9.59 Å². The highest BCUT2D eigenvalue weighted by Gasteiger charge is 2.23. The topological polar surface area (TPSA) is 73.7 Å². The largest absolute Gasteiger partial charge is 0.345 e. The molecule has 0 atom stereocenters. The molecule has 30 heavy (non-hydrogen) atoms. The average Bonchev–Trinajstić information content (AvgIpc) is 3.07. The number of aryl methyl sites for hydroxylation is 1. The maximum atomic E-state index is 12.3. The van der Waals surface area contributed by atoms with Gasteiger partial charge in [0.1, 0.15) is 5.82 Å². The Morgan fingerprint density at radius 2 is 1.87 bits per heavy atom. The number of piperazine rings is 1. The van der Waals surface area contributed by atoms with Crippen LogP contribution in [0.2, 0.25) is 0 Å². The third kappa shape index (κ3) is 4.92. The number of hydrogen-bond donors (Lipinski definition) is 1. The normalized spacial score (nSPS) is 15.1. The third-order valence-corrected chi connectivity index (χ3v) is 5.48. The fraction of sp³-hybridized carbons (Fsp3) is 0.591. The number of aromatic nitrogens is 2. The number of rotatable bonds is 6. The van der Waals surface area contributed by atoms with Crippen LogP contribution in [0.3, 0.4) is 0 Å². The quantitative estimate of drug-likeness (QED) is 0.787. The number of fused-ring (bicyclic) bond motifs is 1. The maximum Gasteiger partial charge on any atom is 0.317 e. The Morgan fingerprint density at radius 3 is 2.47 bits per heavy atom. The Balaban J connectivity index is 1.67. The number of amides is 3. The SMILES string of the molecule is CCn1c(CN2CCN(C(=O)NCC(C)C)CC2)nc2cc(C(=O)N(C)C)ccc21. The van der Waals surface area contributed by atoms with Gasteiger partial charge in [0.05, 0.1) is 17.6 Å². The summed E-state index contributed by atoms with van der Waals surface area (Å²) in [6, 6.07) is 5.77. The van der Waals surface area contributed by atoms with E-state index < -0.39 is 0 Å². The number of benzene rings is 1. The van der Waals surface area contributed by atoms with Crippen molar-refractivity contribution in [3.05, 3.63) is 29.6 Å². The molecule has 2 heterocycles. The molecule has 3 rings (SSSR count). The van der Waals surface area contributed by atoms with E-state index >= 15 is 0 Å². The van der Waals surface area contributed by atoms with Gasteiger partial charge in [-0.1, -0.05) is 13.8 Å². The van der Waals surface area contributed by atoms with Crippen molar-refractivity contribution >= 4 is 23.0 Å². The fourth-order valence-electron chi connectivity index (χ4n) is 3.76. The van der Waals surface area contributed by atoms with Gasteiger partial charge in [-0.15, -0.1) is 0 Å². The number of carbonyl (C=O) groups excluding carboxylic acids is 2. The molecule has 1 fully saturated rings. The summed E-state index contributed by atoms with van der Waals surface area (Å²) < 4.78 is 2.21. The van der Waals surface area contributed by atoms with E-state index in [1.165, 1.54) is 0 Å². The molecule has 1 N–H and O–H groups in total. The molecule has 1 aliphatic rings. The van der Waals surface area contributed by atoms with Gasteiger partial charge in [-0.25, -0.2) is 9.78 Å². The Labute approximate surface area is 178 Å². The third-order valence-electron chi connectivity index (χ3n) is 5.48. The van der Waals surface area contributed by atoms with Gasteiger partial charge in [-0.05, 0) is 31.0 Å². The van der Waals surface area contributed by atoms with Crippen LogP contribution < -0.4 is 5.32 Å². The molecule has 8 nitrogen and oxygen atoms in total. The smallest absolute Gasteiger partial charge is 0.317 e. The van der Waals surface area contributed by atoms with Crippen molar-refractivity contribution in [1.29, 1.82) is 0 Å². The lowest BCUT2D eigenvalue weighted by Crippen LogP contribution is -2.52. The zero-order valence-electron chi connectivity index (χ0n) is 18.8. The number of urea groups is 1. The summed E-state index contributed by atoms with van der Waals surface area (Å²) >= 11 is 0. The predicted octanol–water partition coefficient (Wildman–Crippen LogP) is 2.24. The second kappa shape index (κ2) is 9.47. The second-order valence-corrected chi connectivity index (χ2v) is 8.52. The summed E-state index contributed by atoms with van der Waals surface area (Å²) in [5.74, 6) is 1.43. The first kappa shape index (κ1) is 22.1. The van der Waals surface area contributed by atoms with Crippen LogP contribution >= 0.6 is 0 Å². The number of nitrogens with one attached hydrogen (secondary N) is 1. The van der Waals surface area contributed by atoms with E-state index in [9.17, 15) is 9.59 Å².